The smallest absolute Gasteiger partial charge is 0.251 e. The van der Waals surface area contributed by atoms with Crippen molar-refractivity contribution in [3.8, 4) is 0 Å². The molecule has 7 heteroatoms. The normalized spacial score (nSPS) is 12.5. The number of thiazole rings is 1. The van der Waals surface area contributed by atoms with E-state index in [2.05, 4.69) is 39.8 Å². The maximum Gasteiger partial charge on any atom is 0.251 e. The van der Waals surface area contributed by atoms with Crippen LogP contribution in [0.15, 0.2) is 29.3 Å². The van der Waals surface area contributed by atoms with Gasteiger partial charge in [-0.1, -0.05) is 19.1 Å². The Labute approximate surface area is 178 Å². The summed E-state index contributed by atoms with van der Waals surface area (Å²) in [6.07, 6.45) is 1.78. The molecule has 0 saturated carbocycles. The molecule has 0 saturated heterocycles. The molecule has 1 aromatic carbocycles. The van der Waals surface area contributed by atoms with Crippen LogP contribution in [0.1, 0.15) is 58.7 Å². The van der Waals surface area contributed by atoms with E-state index in [0.717, 1.165) is 48.2 Å². The minimum absolute atomic E-state index is 0.0377. The van der Waals surface area contributed by atoms with Gasteiger partial charge in [-0.3, -0.25) is 4.79 Å². The van der Waals surface area contributed by atoms with E-state index in [9.17, 15) is 4.79 Å². The average molecular weight is 416 g/mol. The first kappa shape index (κ1) is 22.9. The first-order chi connectivity index (χ1) is 13.9. The van der Waals surface area contributed by atoms with Gasteiger partial charge in [-0.05, 0) is 51.8 Å². The highest BCUT2D eigenvalue weighted by Gasteiger charge is 2.09. The molecule has 0 radical (unpaired) electrons. The molecule has 0 aliphatic carbocycles. The second-order valence-electron chi connectivity index (χ2n) is 7.10. The Kier molecular flexibility index (Phi) is 9.12. The molecule has 29 heavy (non-hydrogen) atoms. The zero-order valence-electron chi connectivity index (χ0n) is 18.1. The van der Waals surface area contributed by atoms with Gasteiger partial charge in [0.2, 0.25) is 0 Å². The summed E-state index contributed by atoms with van der Waals surface area (Å²) in [5.41, 5.74) is 2.79. The Balaban J connectivity index is 1.94. The molecule has 0 aliphatic heterocycles. The molecule has 0 fully saturated rings. The molecule has 3 N–H and O–H groups in total. The Morgan fingerprint density at radius 3 is 2.69 bits per heavy atom. The van der Waals surface area contributed by atoms with E-state index in [1.54, 1.807) is 11.3 Å². The standard InChI is InChI=1S/C22H33N5OS/c1-6-15(3)26-21(28)19-10-8-9-18(13-19)14-25-22(23-7-2)24-12-11-20-27-16(4)17(5)29-20/h8-10,13,15H,6-7,11-12,14H2,1-5H3,(H,26,28)(H2,23,24,25). The Morgan fingerprint density at radius 2 is 2.03 bits per heavy atom. The highest BCUT2D eigenvalue weighted by atomic mass is 32.1. The zero-order valence-corrected chi connectivity index (χ0v) is 18.9. The van der Waals surface area contributed by atoms with E-state index >= 15 is 0 Å². The van der Waals surface area contributed by atoms with Crippen LogP contribution in [0.3, 0.4) is 0 Å². The van der Waals surface area contributed by atoms with Crippen molar-refractivity contribution < 1.29 is 4.79 Å². The van der Waals surface area contributed by atoms with Crippen molar-refractivity contribution in [1.29, 1.82) is 0 Å². The van der Waals surface area contributed by atoms with Crippen LogP contribution in [0.4, 0.5) is 0 Å². The highest BCUT2D eigenvalue weighted by Crippen LogP contribution is 2.16. The fraction of sp³-hybridized carbons (Fsp3) is 0.500. The van der Waals surface area contributed by atoms with Gasteiger partial charge >= 0.3 is 0 Å². The lowest BCUT2D eigenvalue weighted by Crippen LogP contribution is -2.38. The second kappa shape index (κ2) is 11.6. The lowest BCUT2D eigenvalue weighted by molar-refractivity contribution is 0.0939. The van der Waals surface area contributed by atoms with Gasteiger partial charge in [0.15, 0.2) is 5.96 Å². The molecule has 0 bridgehead atoms. The molecule has 1 atom stereocenters. The predicted molar refractivity (Wildman–Crippen MR) is 122 cm³/mol. The number of carbonyl (C=O) groups excluding carboxylic acids is 1. The van der Waals surface area contributed by atoms with Crippen molar-refractivity contribution in [3.63, 3.8) is 0 Å². The van der Waals surface area contributed by atoms with Gasteiger partial charge < -0.3 is 16.0 Å². The third kappa shape index (κ3) is 7.49. The monoisotopic (exact) mass is 415 g/mol. The number of aryl methyl sites for hydroxylation is 2. The lowest BCUT2D eigenvalue weighted by atomic mass is 10.1. The maximum absolute atomic E-state index is 12.3. The van der Waals surface area contributed by atoms with E-state index in [0.29, 0.717) is 12.1 Å². The van der Waals surface area contributed by atoms with Crippen LogP contribution in [-0.2, 0) is 13.0 Å². The number of aliphatic imine (C=N–C) groups is 1. The van der Waals surface area contributed by atoms with E-state index in [-0.39, 0.29) is 11.9 Å². The molecule has 2 rings (SSSR count). The largest absolute Gasteiger partial charge is 0.357 e. The average Bonchev–Trinajstić information content (AvgIpc) is 3.03. The van der Waals surface area contributed by atoms with E-state index in [1.807, 2.05) is 45.0 Å². The van der Waals surface area contributed by atoms with Gasteiger partial charge in [-0.2, -0.15) is 0 Å². The second-order valence-corrected chi connectivity index (χ2v) is 8.39. The number of aromatic nitrogens is 1. The number of hydrogen-bond donors (Lipinski definition) is 3. The van der Waals surface area contributed by atoms with Crippen molar-refractivity contribution >= 4 is 23.2 Å². The summed E-state index contributed by atoms with van der Waals surface area (Å²) < 4.78 is 0. The Hall–Kier alpha value is -2.41. The van der Waals surface area contributed by atoms with Crippen LogP contribution in [0.2, 0.25) is 0 Å². The van der Waals surface area contributed by atoms with Crippen molar-refractivity contribution in [2.24, 2.45) is 4.99 Å². The number of benzene rings is 1. The molecular weight excluding hydrogens is 382 g/mol. The third-order valence-corrected chi connectivity index (χ3v) is 5.78. The molecule has 0 spiro atoms. The number of hydrogen-bond acceptors (Lipinski definition) is 4. The fourth-order valence-electron chi connectivity index (χ4n) is 2.67. The molecular formula is C22H33N5OS. The van der Waals surface area contributed by atoms with Crippen LogP contribution < -0.4 is 16.0 Å². The molecule has 6 nitrogen and oxygen atoms in total. The molecule has 158 valence electrons. The Morgan fingerprint density at radius 1 is 1.24 bits per heavy atom. The molecule has 0 aliphatic rings. The zero-order chi connectivity index (χ0) is 21.2. The Bertz CT molecular complexity index is 811. The number of amides is 1. The lowest BCUT2D eigenvalue weighted by Gasteiger charge is -2.12. The third-order valence-electron chi connectivity index (χ3n) is 4.65. The molecule has 1 heterocycles. The topological polar surface area (TPSA) is 78.4 Å². The van der Waals surface area contributed by atoms with Gasteiger partial charge in [0.25, 0.3) is 5.91 Å². The first-order valence-electron chi connectivity index (χ1n) is 10.3. The van der Waals surface area contributed by atoms with Gasteiger partial charge in [0.05, 0.1) is 17.2 Å². The molecule has 1 amide bonds. The maximum atomic E-state index is 12.3. The SMILES string of the molecule is CCNC(=NCc1cccc(C(=O)NC(C)CC)c1)NCCc1nc(C)c(C)s1. The highest BCUT2D eigenvalue weighted by molar-refractivity contribution is 7.11. The van der Waals surface area contributed by atoms with Gasteiger partial charge in [0, 0.05) is 36.0 Å². The summed E-state index contributed by atoms with van der Waals surface area (Å²) in [6.45, 7) is 12.3. The van der Waals surface area contributed by atoms with Crippen molar-refractivity contribution in [3.05, 3.63) is 51.0 Å². The quantitative estimate of drug-likeness (QED) is 0.432. The fourth-order valence-corrected chi connectivity index (χ4v) is 3.60. The minimum atomic E-state index is -0.0377. The van der Waals surface area contributed by atoms with Gasteiger partial charge in [-0.25, -0.2) is 9.98 Å². The van der Waals surface area contributed by atoms with E-state index in [4.69, 9.17) is 0 Å². The molecule has 1 unspecified atom stereocenters. The van der Waals surface area contributed by atoms with Crippen LogP contribution in [0.5, 0.6) is 0 Å². The summed E-state index contributed by atoms with van der Waals surface area (Å²) >= 11 is 1.75. The summed E-state index contributed by atoms with van der Waals surface area (Å²) in [5, 5.41) is 10.8. The number of rotatable bonds is 9. The van der Waals surface area contributed by atoms with Crippen LogP contribution in [-0.4, -0.2) is 36.0 Å². The van der Waals surface area contributed by atoms with Gasteiger partial charge in [-0.15, -0.1) is 11.3 Å². The van der Waals surface area contributed by atoms with Crippen LogP contribution in [0.25, 0.3) is 0 Å². The predicted octanol–water partition coefficient (Wildman–Crippen LogP) is 3.59. The van der Waals surface area contributed by atoms with E-state index in [1.165, 1.54) is 4.88 Å². The summed E-state index contributed by atoms with van der Waals surface area (Å²) in [6, 6.07) is 7.82. The van der Waals surface area contributed by atoms with Crippen LogP contribution in [0, 0.1) is 13.8 Å². The molecule has 2 aromatic rings. The van der Waals surface area contributed by atoms with E-state index < -0.39 is 0 Å². The number of carbonyl (C=O) groups is 1. The van der Waals surface area contributed by atoms with Crippen molar-refractivity contribution in [2.45, 2.75) is 60.0 Å². The van der Waals surface area contributed by atoms with Crippen molar-refractivity contribution in [2.75, 3.05) is 13.1 Å². The molecule has 1 aromatic heterocycles. The minimum Gasteiger partial charge on any atom is -0.357 e. The summed E-state index contributed by atoms with van der Waals surface area (Å²) in [5.74, 6) is 0.733. The number of nitrogens with one attached hydrogen (secondary N) is 3. The first-order valence-corrected chi connectivity index (χ1v) is 11.1. The number of guanidine groups is 1. The van der Waals surface area contributed by atoms with Gasteiger partial charge in [0.1, 0.15) is 0 Å². The van der Waals surface area contributed by atoms with Crippen molar-refractivity contribution in [1.82, 2.24) is 20.9 Å². The number of nitrogens with zero attached hydrogens (tertiary/aromatic N) is 2. The van der Waals surface area contributed by atoms with Crippen LogP contribution >= 0.6 is 11.3 Å². The summed E-state index contributed by atoms with van der Waals surface area (Å²) in [4.78, 5) is 22.8. The summed E-state index contributed by atoms with van der Waals surface area (Å²) in [7, 11) is 0.